The summed E-state index contributed by atoms with van der Waals surface area (Å²) in [4.78, 5) is 11.0. The topological polar surface area (TPSA) is 80.7 Å². The van der Waals surface area contributed by atoms with Gasteiger partial charge in [-0.3, -0.25) is 9.35 Å². The van der Waals surface area contributed by atoms with Crippen molar-refractivity contribution in [1.82, 2.24) is 0 Å². The Morgan fingerprint density at radius 1 is 0.846 bits per heavy atom. The van der Waals surface area contributed by atoms with Crippen LogP contribution in [0.25, 0.3) is 0 Å². The molecule has 0 aromatic rings. The van der Waals surface area contributed by atoms with E-state index in [1.165, 1.54) is 32.8 Å². The van der Waals surface area contributed by atoms with Gasteiger partial charge in [0.15, 0.2) is 0 Å². The standard InChI is InChI=1S/C19H38O5S.Na/c1-3-4-5-6-7-9-12-15-18(25(21,22)23)16-13-10-8-11-14-17-19(20)24-2;/h18H,3-17H2,1-2H3,(H,21,22,23);. The van der Waals surface area contributed by atoms with Crippen molar-refractivity contribution in [2.75, 3.05) is 7.11 Å². The molecule has 151 valence electrons. The molecular formula is C19H38NaO5S. The van der Waals surface area contributed by atoms with Crippen LogP contribution < -0.4 is 0 Å². The molecule has 1 unspecified atom stereocenters. The molecule has 5 nitrogen and oxygen atoms in total. The third-order valence-electron chi connectivity index (χ3n) is 4.69. The Bertz CT molecular complexity index is 426. The number of hydrogen-bond acceptors (Lipinski definition) is 4. The van der Waals surface area contributed by atoms with Gasteiger partial charge < -0.3 is 4.74 Å². The predicted molar refractivity (Wildman–Crippen MR) is 108 cm³/mol. The molecule has 7 heteroatoms. The fraction of sp³-hybridized carbons (Fsp3) is 0.947. The van der Waals surface area contributed by atoms with E-state index in [2.05, 4.69) is 11.7 Å². The minimum absolute atomic E-state index is 0. The number of carbonyl (C=O) groups excluding carboxylic acids is 1. The van der Waals surface area contributed by atoms with E-state index >= 15 is 0 Å². The molecule has 1 atom stereocenters. The third kappa shape index (κ3) is 17.8. The van der Waals surface area contributed by atoms with Crippen LogP contribution in [0.5, 0.6) is 0 Å². The Hall–Kier alpha value is 0.380. The maximum Gasteiger partial charge on any atom is 0.305 e. The summed E-state index contributed by atoms with van der Waals surface area (Å²) in [7, 11) is -2.55. The van der Waals surface area contributed by atoms with E-state index in [0.29, 0.717) is 19.3 Å². The molecule has 0 heterocycles. The van der Waals surface area contributed by atoms with E-state index < -0.39 is 15.4 Å². The molecule has 1 N–H and O–H groups in total. The number of unbranched alkanes of at least 4 members (excludes halogenated alkanes) is 10. The molecule has 0 spiro atoms. The summed E-state index contributed by atoms with van der Waals surface area (Å²) in [5.74, 6) is -0.180. The Balaban J connectivity index is 0. The van der Waals surface area contributed by atoms with Gasteiger partial charge in [-0.15, -0.1) is 0 Å². The third-order valence-corrected chi connectivity index (χ3v) is 6.00. The minimum Gasteiger partial charge on any atom is -0.469 e. The number of methoxy groups -OCH3 is 1. The summed E-state index contributed by atoms with van der Waals surface area (Å²) in [6.45, 7) is 2.19. The largest absolute Gasteiger partial charge is 0.469 e. The molecule has 0 amide bonds. The van der Waals surface area contributed by atoms with Gasteiger partial charge in [-0.1, -0.05) is 77.6 Å². The second kappa shape index (κ2) is 18.7. The van der Waals surface area contributed by atoms with Crippen LogP contribution in [-0.2, 0) is 19.6 Å². The van der Waals surface area contributed by atoms with Crippen molar-refractivity contribution < 1.29 is 22.5 Å². The van der Waals surface area contributed by atoms with Gasteiger partial charge in [-0.25, -0.2) is 0 Å². The van der Waals surface area contributed by atoms with Crippen LogP contribution in [-0.4, -0.2) is 60.9 Å². The molecule has 0 saturated heterocycles. The van der Waals surface area contributed by atoms with Gasteiger partial charge in [-0.05, 0) is 19.3 Å². The van der Waals surface area contributed by atoms with Crippen LogP contribution in [0, 0.1) is 0 Å². The van der Waals surface area contributed by atoms with Gasteiger partial charge in [0.2, 0.25) is 0 Å². The molecule has 0 aliphatic rings. The second-order valence-corrected chi connectivity index (χ2v) is 8.63. The summed E-state index contributed by atoms with van der Waals surface area (Å²) in [6, 6.07) is 0. The van der Waals surface area contributed by atoms with E-state index in [0.717, 1.165) is 51.4 Å². The first-order valence-electron chi connectivity index (χ1n) is 9.95. The smallest absolute Gasteiger partial charge is 0.305 e. The Labute approximate surface area is 183 Å². The van der Waals surface area contributed by atoms with E-state index in [1.807, 2.05) is 0 Å². The van der Waals surface area contributed by atoms with Crippen LogP contribution in [0.1, 0.15) is 103 Å². The SMILES string of the molecule is CCCCCCCCCC(CCCCCCCC(=O)OC)S(=O)(=O)O.[Na]. The molecule has 0 aliphatic heterocycles. The monoisotopic (exact) mass is 401 g/mol. The molecule has 0 aromatic heterocycles. The number of carbonyl (C=O) groups is 1. The maximum atomic E-state index is 11.5. The molecule has 1 radical (unpaired) electrons. The van der Waals surface area contributed by atoms with Crippen LogP contribution in [0.4, 0.5) is 0 Å². The molecule has 0 aromatic carbocycles. The fourth-order valence-electron chi connectivity index (χ4n) is 3.05. The molecule has 0 aliphatic carbocycles. The first kappa shape index (κ1) is 28.6. The van der Waals surface area contributed by atoms with Gasteiger partial charge in [0.25, 0.3) is 10.1 Å². The Morgan fingerprint density at radius 3 is 1.69 bits per heavy atom. The Morgan fingerprint density at radius 2 is 1.27 bits per heavy atom. The van der Waals surface area contributed by atoms with Gasteiger partial charge in [0.05, 0.1) is 12.4 Å². The average Bonchev–Trinajstić information content (AvgIpc) is 2.56. The van der Waals surface area contributed by atoms with Crippen LogP contribution >= 0.6 is 0 Å². The first-order valence-corrected chi connectivity index (χ1v) is 11.4. The van der Waals surface area contributed by atoms with Crippen molar-refractivity contribution >= 4 is 45.6 Å². The van der Waals surface area contributed by atoms with Crippen molar-refractivity contribution in [2.45, 2.75) is 108 Å². The van der Waals surface area contributed by atoms with E-state index in [1.54, 1.807) is 0 Å². The van der Waals surface area contributed by atoms with Gasteiger partial charge in [0.1, 0.15) is 0 Å². The predicted octanol–water partition coefficient (Wildman–Crippen LogP) is 4.91. The van der Waals surface area contributed by atoms with Crippen molar-refractivity contribution in [3.8, 4) is 0 Å². The number of rotatable bonds is 17. The van der Waals surface area contributed by atoms with E-state index in [4.69, 9.17) is 0 Å². The summed E-state index contributed by atoms with van der Waals surface area (Å²) in [5.41, 5.74) is 0. The quantitative estimate of drug-likeness (QED) is 0.162. The molecular weight excluding hydrogens is 363 g/mol. The zero-order chi connectivity index (χ0) is 19.0. The summed E-state index contributed by atoms with van der Waals surface area (Å²) < 4.78 is 37.0. The average molecular weight is 402 g/mol. The maximum absolute atomic E-state index is 11.5. The number of ether oxygens (including phenoxy) is 1. The molecule has 0 saturated carbocycles. The van der Waals surface area contributed by atoms with Crippen molar-refractivity contribution in [3.63, 3.8) is 0 Å². The van der Waals surface area contributed by atoms with Crippen molar-refractivity contribution in [3.05, 3.63) is 0 Å². The van der Waals surface area contributed by atoms with Gasteiger partial charge in [-0.2, -0.15) is 8.42 Å². The van der Waals surface area contributed by atoms with Gasteiger partial charge >= 0.3 is 5.97 Å². The van der Waals surface area contributed by atoms with Crippen molar-refractivity contribution in [1.29, 1.82) is 0 Å². The molecule has 0 bridgehead atoms. The Kier molecular flexibility index (Phi) is 20.6. The fourth-order valence-corrected chi connectivity index (χ4v) is 3.97. The summed E-state index contributed by atoms with van der Waals surface area (Å²) >= 11 is 0. The van der Waals surface area contributed by atoms with Crippen LogP contribution in [0.3, 0.4) is 0 Å². The van der Waals surface area contributed by atoms with Crippen LogP contribution in [0.2, 0.25) is 0 Å². The van der Waals surface area contributed by atoms with E-state index in [-0.39, 0.29) is 35.5 Å². The number of esters is 1. The zero-order valence-corrected chi connectivity index (χ0v) is 20.0. The zero-order valence-electron chi connectivity index (χ0n) is 17.2. The summed E-state index contributed by atoms with van der Waals surface area (Å²) in [6.07, 6.45) is 14.1. The second-order valence-electron chi connectivity index (χ2n) is 6.93. The summed E-state index contributed by atoms with van der Waals surface area (Å²) in [5, 5.41) is -0.613. The molecule has 0 fully saturated rings. The van der Waals surface area contributed by atoms with E-state index in [9.17, 15) is 17.8 Å². The number of hydrogen-bond donors (Lipinski definition) is 1. The molecule has 26 heavy (non-hydrogen) atoms. The minimum atomic E-state index is -3.94. The van der Waals surface area contributed by atoms with Gasteiger partial charge in [0, 0.05) is 36.0 Å². The molecule has 0 rings (SSSR count). The van der Waals surface area contributed by atoms with Crippen LogP contribution in [0.15, 0.2) is 0 Å². The normalized spacial score (nSPS) is 12.4. The first-order chi connectivity index (χ1) is 11.9. The van der Waals surface area contributed by atoms with Crippen molar-refractivity contribution in [2.24, 2.45) is 0 Å².